The van der Waals surface area contributed by atoms with Crippen LogP contribution >= 0.6 is 0 Å². The van der Waals surface area contributed by atoms with Crippen LogP contribution in [0.3, 0.4) is 0 Å². The predicted molar refractivity (Wildman–Crippen MR) is 111 cm³/mol. The van der Waals surface area contributed by atoms with Crippen LogP contribution in [0.2, 0.25) is 0 Å². The van der Waals surface area contributed by atoms with E-state index in [2.05, 4.69) is 28.7 Å². The molecule has 1 atom stereocenters. The molecule has 0 radical (unpaired) electrons. The summed E-state index contributed by atoms with van der Waals surface area (Å²) in [4.78, 5) is 17.4. The highest BCUT2D eigenvalue weighted by molar-refractivity contribution is 5.44. The summed E-state index contributed by atoms with van der Waals surface area (Å²) in [5.41, 5.74) is 4.90. The molecule has 2 fully saturated rings. The van der Waals surface area contributed by atoms with Gasteiger partial charge < -0.3 is 4.90 Å². The number of nitrogens with zero attached hydrogens (tertiary/aromatic N) is 6. The zero-order chi connectivity index (χ0) is 19.7. The Labute approximate surface area is 166 Å². The highest BCUT2D eigenvalue weighted by atomic mass is 16.1. The average molecular weight is 385 g/mol. The van der Waals surface area contributed by atoms with Crippen molar-refractivity contribution < 1.29 is 0 Å². The smallest absolute Gasteiger partial charge is 0.269 e. The first kappa shape index (κ1) is 19.2. The minimum Gasteiger partial charge on any atom is -0.370 e. The number of rotatable bonds is 6. The lowest BCUT2D eigenvalue weighted by molar-refractivity contribution is 0.159. The summed E-state index contributed by atoms with van der Waals surface area (Å²) in [5.74, 6) is 0. The normalized spacial score (nSPS) is 20.4. The molecule has 0 unspecified atom stereocenters. The Balaban J connectivity index is 1.50. The van der Waals surface area contributed by atoms with Crippen LogP contribution in [-0.2, 0) is 26.4 Å². The molecule has 0 amide bonds. The van der Waals surface area contributed by atoms with Gasteiger partial charge in [0.05, 0.1) is 23.6 Å². The van der Waals surface area contributed by atoms with E-state index in [4.69, 9.17) is 5.10 Å². The molecule has 28 heavy (non-hydrogen) atoms. The maximum Gasteiger partial charge on any atom is 0.269 e. The fraction of sp³-hybridized carbons (Fsp3) is 0.667. The maximum atomic E-state index is 12.7. The summed E-state index contributed by atoms with van der Waals surface area (Å²) < 4.78 is 3.75. The van der Waals surface area contributed by atoms with Gasteiger partial charge in [-0.25, -0.2) is 4.68 Å². The second-order valence-corrected chi connectivity index (χ2v) is 8.07. The molecule has 0 saturated carbocycles. The Morgan fingerprint density at radius 1 is 1.14 bits per heavy atom. The number of hydrogen-bond donors (Lipinski definition) is 0. The van der Waals surface area contributed by atoms with Gasteiger partial charge in [-0.3, -0.25) is 14.4 Å². The summed E-state index contributed by atoms with van der Waals surface area (Å²) in [7, 11) is 2.05. The minimum absolute atomic E-state index is 0.0288. The molecule has 7 nitrogen and oxygen atoms in total. The fourth-order valence-corrected chi connectivity index (χ4v) is 4.60. The van der Waals surface area contributed by atoms with E-state index in [1.54, 1.807) is 10.7 Å². The van der Waals surface area contributed by atoms with Gasteiger partial charge in [0, 0.05) is 50.6 Å². The molecule has 152 valence electrons. The average Bonchev–Trinajstić information content (AvgIpc) is 2.95. The van der Waals surface area contributed by atoms with Crippen LogP contribution in [0.15, 0.2) is 17.1 Å². The summed E-state index contributed by atoms with van der Waals surface area (Å²) in [5, 5.41) is 9.25. The third kappa shape index (κ3) is 3.60. The summed E-state index contributed by atoms with van der Waals surface area (Å²) in [6.07, 6.45) is 7.13. The highest BCUT2D eigenvalue weighted by Gasteiger charge is 2.26. The van der Waals surface area contributed by atoms with Crippen LogP contribution in [0, 0.1) is 0 Å². The van der Waals surface area contributed by atoms with Gasteiger partial charge in [0.2, 0.25) is 0 Å². The zero-order valence-corrected chi connectivity index (χ0v) is 17.4. The van der Waals surface area contributed by atoms with Crippen molar-refractivity contribution in [3.8, 4) is 0 Å². The van der Waals surface area contributed by atoms with Crippen molar-refractivity contribution in [2.24, 2.45) is 7.05 Å². The van der Waals surface area contributed by atoms with E-state index in [1.165, 1.54) is 23.4 Å². The second-order valence-electron chi connectivity index (χ2n) is 8.07. The van der Waals surface area contributed by atoms with E-state index in [-0.39, 0.29) is 11.6 Å². The van der Waals surface area contributed by atoms with E-state index in [1.807, 2.05) is 17.9 Å². The lowest BCUT2D eigenvalue weighted by Crippen LogP contribution is -2.42. The number of aryl methyl sites for hydroxylation is 2. The van der Waals surface area contributed by atoms with Crippen molar-refractivity contribution in [3.63, 3.8) is 0 Å². The molecule has 4 rings (SSSR count). The van der Waals surface area contributed by atoms with Crippen LogP contribution in [0.4, 0.5) is 5.69 Å². The van der Waals surface area contributed by atoms with Crippen LogP contribution < -0.4 is 10.5 Å². The molecule has 2 aliphatic heterocycles. The van der Waals surface area contributed by atoms with Crippen molar-refractivity contribution in [3.05, 3.63) is 39.6 Å². The van der Waals surface area contributed by atoms with Crippen molar-refractivity contribution in [2.75, 3.05) is 31.1 Å². The van der Waals surface area contributed by atoms with Crippen LogP contribution in [0.25, 0.3) is 0 Å². The molecule has 0 bridgehead atoms. The molecule has 2 aromatic rings. The van der Waals surface area contributed by atoms with Crippen molar-refractivity contribution >= 4 is 5.69 Å². The predicted octanol–water partition coefficient (Wildman–Crippen LogP) is 2.15. The summed E-state index contributed by atoms with van der Waals surface area (Å²) in [6.45, 7) is 9.29. The third-order valence-electron chi connectivity index (χ3n) is 6.27. The first-order valence-electron chi connectivity index (χ1n) is 10.7. The topological polar surface area (TPSA) is 59.2 Å². The minimum atomic E-state index is 0.0288. The Bertz CT molecular complexity index is 882. The largest absolute Gasteiger partial charge is 0.370 e. The number of likely N-dealkylation sites (tertiary alicyclic amines) is 1. The molecular formula is C21H32N6O. The number of piperidine rings is 1. The lowest BCUT2D eigenvalue weighted by atomic mass is 10.0. The van der Waals surface area contributed by atoms with Gasteiger partial charge in [0.25, 0.3) is 5.56 Å². The van der Waals surface area contributed by atoms with E-state index >= 15 is 0 Å². The molecule has 7 heteroatoms. The number of hydrogen-bond acceptors (Lipinski definition) is 5. The molecule has 4 heterocycles. The van der Waals surface area contributed by atoms with E-state index in [0.717, 1.165) is 64.1 Å². The maximum absolute atomic E-state index is 12.7. The number of aromatic nitrogens is 4. The summed E-state index contributed by atoms with van der Waals surface area (Å²) in [6, 6.07) is 1.91. The molecule has 2 aliphatic rings. The van der Waals surface area contributed by atoms with Crippen LogP contribution in [0.5, 0.6) is 0 Å². The quantitative estimate of drug-likeness (QED) is 0.764. The van der Waals surface area contributed by atoms with Crippen molar-refractivity contribution in [1.82, 2.24) is 24.5 Å². The molecule has 0 N–H and O–H groups in total. The Hall–Kier alpha value is -2.15. The first-order valence-corrected chi connectivity index (χ1v) is 10.7. The summed E-state index contributed by atoms with van der Waals surface area (Å²) >= 11 is 0. The lowest BCUT2D eigenvalue weighted by Gasteiger charge is -2.34. The number of anilines is 1. The van der Waals surface area contributed by atoms with Gasteiger partial charge in [-0.1, -0.05) is 13.8 Å². The molecule has 2 saturated heterocycles. The van der Waals surface area contributed by atoms with Gasteiger partial charge in [-0.05, 0) is 38.6 Å². The van der Waals surface area contributed by atoms with Gasteiger partial charge in [0.1, 0.15) is 0 Å². The fourth-order valence-electron chi connectivity index (χ4n) is 4.60. The van der Waals surface area contributed by atoms with Crippen molar-refractivity contribution in [2.45, 2.75) is 58.5 Å². The van der Waals surface area contributed by atoms with Gasteiger partial charge >= 0.3 is 0 Å². The van der Waals surface area contributed by atoms with E-state index in [0.29, 0.717) is 0 Å². The molecule has 0 spiro atoms. The first-order chi connectivity index (χ1) is 13.6. The van der Waals surface area contributed by atoms with Crippen LogP contribution in [0.1, 0.15) is 56.1 Å². The van der Waals surface area contributed by atoms with Gasteiger partial charge in [0.15, 0.2) is 0 Å². The standard InChI is InChI=1S/C21H32N6O/c1-4-19-18(20(5-2)24(3)23-19)15-25-9-6-8-16(14-25)27-21(28)12-17(13-22-27)26-10-7-11-26/h12-13,16H,4-11,14-15H2,1-3H3/t16-/m1/s1. The Kier molecular flexibility index (Phi) is 5.53. The molecule has 2 aromatic heterocycles. The Morgan fingerprint density at radius 2 is 1.96 bits per heavy atom. The van der Waals surface area contributed by atoms with Crippen molar-refractivity contribution in [1.29, 1.82) is 0 Å². The van der Waals surface area contributed by atoms with Gasteiger partial charge in [-0.2, -0.15) is 10.2 Å². The second kappa shape index (κ2) is 8.07. The molecule has 0 aliphatic carbocycles. The highest BCUT2D eigenvalue weighted by Crippen LogP contribution is 2.25. The van der Waals surface area contributed by atoms with E-state index < -0.39 is 0 Å². The van der Waals surface area contributed by atoms with E-state index in [9.17, 15) is 4.79 Å². The molecule has 0 aromatic carbocycles. The van der Waals surface area contributed by atoms with Gasteiger partial charge in [-0.15, -0.1) is 0 Å². The van der Waals surface area contributed by atoms with Crippen LogP contribution in [-0.4, -0.2) is 50.6 Å². The SMILES string of the molecule is CCc1nn(C)c(CC)c1CN1CCC[C@@H](n2ncc(N3CCC3)cc2=O)C1. The zero-order valence-electron chi connectivity index (χ0n) is 17.4. The molecular weight excluding hydrogens is 352 g/mol. The third-order valence-corrected chi connectivity index (χ3v) is 6.27. The monoisotopic (exact) mass is 384 g/mol. The Morgan fingerprint density at radius 3 is 2.61 bits per heavy atom.